The van der Waals surface area contributed by atoms with Crippen LogP contribution in [0.4, 0.5) is 10.5 Å². The molecule has 4 N–H and O–H groups in total. The Bertz CT molecular complexity index is 1570. The third kappa shape index (κ3) is 7.93. The van der Waals surface area contributed by atoms with E-state index in [-0.39, 0.29) is 30.1 Å². The number of aromatic amines is 1. The van der Waals surface area contributed by atoms with E-state index in [1.807, 2.05) is 32.9 Å². The van der Waals surface area contributed by atoms with Crippen molar-refractivity contribution in [2.24, 2.45) is 0 Å². The van der Waals surface area contributed by atoms with Gasteiger partial charge in [-0.2, -0.15) is 0 Å². The van der Waals surface area contributed by atoms with E-state index in [4.69, 9.17) is 9.84 Å². The summed E-state index contributed by atoms with van der Waals surface area (Å²) in [6.45, 7) is 10.1. The van der Waals surface area contributed by atoms with E-state index >= 15 is 0 Å². The van der Waals surface area contributed by atoms with Crippen LogP contribution in [0.25, 0.3) is 11.1 Å². The number of ether oxygens (including phenoxy) is 1. The Morgan fingerprint density at radius 1 is 1.00 bits per heavy atom. The van der Waals surface area contributed by atoms with Gasteiger partial charge in [0.25, 0.3) is 11.5 Å². The van der Waals surface area contributed by atoms with Crippen molar-refractivity contribution >= 4 is 17.7 Å². The molecule has 0 unspecified atom stereocenters. The number of benzene rings is 2. The van der Waals surface area contributed by atoms with E-state index in [0.29, 0.717) is 11.1 Å². The standard InChI is InChI=1S/C35H45N5O5/c1-22-17-23(2)37-34(42)31(22)20-36-33(41)30-18-27(26-7-5-25(6-8-26)21-40-13-15-45-16-14-40)19-32(24(30)3)39(4)29-11-9-28(10-12-29)38-35(43)44/h5-8,17-19,28-29,38H,9-16,20-21H2,1-4H3,(H,36,41)(H,37,42)(H,43,44). The number of aromatic nitrogens is 1. The monoisotopic (exact) mass is 615 g/mol. The van der Waals surface area contributed by atoms with E-state index < -0.39 is 6.09 Å². The molecular weight excluding hydrogens is 570 g/mol. The fourth-order valence-corrected chi connectivity index (χ4v) is 6.63. The van der Waals surface area contributed by atoms with Crippen LogP contribution in [0.15, 0.2) is 47.3 Å². The molecule has 10 heteroatoms. The third-order valence-corrected chi connectivity index (χ3v) is 9.29. The van der Waals surface area contributed by atoms with Gasteiger partial charge >= 0.3 is 6.09 Å². The summed E-state index contributed by atoms with van der Waals surface area (Å²) in [6, 6.07) is 14.7. The zero-order valence-electron chi connectivity index (χ0n) is 26.7. The lowest BCUT2D eigenvalue weighted by molar-refractivity contribution is 0.0342. The molecule has 1 aliphatic heterocycles. The van der Waals surface area contributed by atoms with Crippen LogP contribution in [0.1, 0.15) is 64.0 Å². The smallest absolute Gasteiger partial charge is 0.404 e. The van der Waals surface area contributed by atoms with Gasteiger partial charge in [-0.05, 0) is 92.5 Å². The fourth-order valence-electron chi connectivity index (χ4n) is 6.63. The SMILES string of the molecule is Cc1cc(C)c(CNC(=O)c2cc(-c3ccc(CN4CCOCC4)cc3)cc(N(C)C3CCC(NC(=O)O)CC3)c2C)c(=O)[nH]1. The molecular formula is C35H45N5O5. The zero-order valence-corrected chi connectivity index (χ0v) is 26.7. The molecule has 2 amide bonds. The summed E-state index contributed by atoms with van der Waals surface area (Å²) >= 11 is 0. The molecule has 1 saturated carbocycles. The number of nitrogens with zero attached hydrogens (tertiary/aromatic N) is 2. The summed E-state index contributed by atoms with van der Waals surface area (Å²) in [7, 11) is 2.06. The number of H-pyrrole nitrogens is 1. The highest BCUT2D eigenvalue weighted by atomic mass is 16.5. The predicted molar refractivity (Wildman–Crippen MR) is 176 cm³/mol. The van der Waals surface area contributed by atoms with Gasteiger partial charge in [-0.3, -0.25) is 14.5 Å². The number of hydrogen-bond donors (Lipinski definition) is 4. The maximum Gasteiger partial charge on any atom is 0.404 e. The van der Waals surface area contributed by atoms with Crippen molar-refractivity contribution in [3.63, 3.8) is 0 Å². The Balaban J connectivity index is 1.42. The average molecular weight is 616 g/mol. The second kappa shape index (κ2) is 14.3. The van der Waals surface area contributed by atoms with E-state index in [1.54, 1.807) is 0 Å². The molecule has 2 fully saturated rings. The van der Waals surface area contributed by atoms with Gasteiger partial charge in [0, 0.05) is 67.8 Å². The number of rotatable bonds is 9. The molecule has 10 nitrogen and oxygen atoms in total. The van der Waals surface area contributed by atoms with Crippen LogP contribution in [-0.2, 0) is 17.8 Å². The minimum absolute atomic E-state index is 0.0368. The first-order valence-electron chi connectivity index (χ1n) is 15.8. The molecule has 2 aromatic carbocycles. The first kappa shape index (κ1) is 32.2. The van der Waals surface area contributed by atoms with Gasteiger partial charge in [-0.25, -0.2) is 4.79 Å². The van der Waals surface area contributed by atoms with Crippen LogP contribution in [0.2, 0.25) is 0 Å². The highest BCUT2D eigenvalue weighted by molar-refractivity contribution is 5.99. The molecule has 240 valence electrons. The van der Waals surface area contributed by atoms with Crippen molar-refractivity contribution in [2.45, 2.75) is 71.6 Å². The van der Waals surface area contributed by atoms with Crippen molar-refractivity contribution in [3.05, 3.63) is 86.3 Å². The quantitative estimate of drug-likeness (QED) is 0.274. The number of hydrogen-bond acceptors (Lipinski definition) is 6. The summed E-state index contributed by atoms with van der Waals surface area (Å²) in [4.78, 5) is 45.0. The maximum atomic E-state index is 13.8. The maximum absolute atomic E-state index is 13.8. The number of carbonyl (C=O) groups excluding carboxylic acids is 1. The zero-order chi connectivity index (χ0) is 32.1. The lowest BCUT2D eigenvalue weighted by atomic mass is 9.89. The molecule has 1 saturated heterocycles. The topological polar surface area (TPSA) is 127 Å². The van der Waals surface area contributed by atoms with Crippen molar-refractivity contribution in [3.8, 4) is 11.1 Å². The minimum Gasteiger partial charge on any atom is -0.465 e. The Hall–Kier alpha value is -4.15. The number of nitrogens with one attached hydrogen (secondary N) is 3. The van der Waals surface area contributed by atoms with Crippen LogP contribution in [0.5, 0.6) is 0 Å². The first-order chi connectivity index (χ1) is 21.6. The molecule has 2 aliphatic rings. The number of morpholine rings is 1. The number of amides is 2. The summed E-state index contributed by atoms with van der Waals surface area (Å²) in [5.74, 6) is -0.235. The largest absolute Gasteiger partial charge is 0.465 e. The fraction of sp³-hybridized carbons (Fsp3) is 0.457. The highest BCUT2D eigenvalue weighted by Gasteiger charge is 2.27. The minimum atomic E-state index is -0.982. The predicted octanol–water partition coefficient (Wildman–Crippen LogP) is 4.74. The normalized spacial score (nSPS) is 18.8. The molecule has 0 atom stereocenters. The number of carbonyl (C=O) groups is 2. The second-order valence-corrected chi connectivity index (χ2v) is 12.4. The van der Waals surface area contributed by atoms with Gasteiger partial charge in [-0.15, -0.1) is 0 Å². The molecule has 0 spiro atoms. The Kier molecular flexibility index (Phi) is 10.2. The number of carboxylic acid groups (broad SMARTS) is 1. The van der Waals surface area contributed by atoms with Gasteiger partial charge in [0.15, 0.2) is 0 Å². The Morgan fingerprint density at radius 3 is 2.33 bits per heavy atom. The number of pyridine rings is 1. The summed E-state index contributed by atoms with van der Waals surface area (Å²) in [5.41, 5.74) is 7.56. The third-order valence-electron chi connectivity index (χ3n) is 9.29. The van der Waals surface area contributed by atoms with Gasteiger partial charge in [0.1, 0.15) is 0 Å². The molecule has 5 rings (SSSR count). The lowest BCUT2D eigenvalue weighted by Gasteiger charge is -2.37. The molecule has 2 heterocycles. The van der Waals surface area contributed by atoms with Crippen LogP contribution in [-0.4, -0.2) is 72.4 Å². The van der Waals surface area contributed by atoms with Crippen molar-refractivity contribution in [2.75, 3.05) is 38.3 Å². The van der Waals surface area contributed by atoms with E-state index in [0.717, 1.165) is 92.2 Å². The first-order valence-corrected chi connectivity index (χ1v) is 15.8. The van der Waals surface area contributed by atoms with Crippen molar-refractivity contribution in [1.29, 1.82) is 0 Å². The molecule has 1 aromatic heterocycles. The average Bonchev–Trinajstić information content (AvgIpc) is 3.01. The molecule has 45 heavy (non-hydrogen) atoms. The van der Waals surface area contributed by atoms with Crippen LogP contribution >= 0.6 is 0 Å². The molecule has 1 aliphatic carbocycles. The van der Waals surface area contributed by atoms with E-state index in [9.17, 15) is 14.4 Å². The highest BCUT2D eigenvalue weighted by Crippen LogP contribution is 2.34. The molecule has 0 radical (unpaired) electrons. The summed E-state index contributed by atoms with van der Waals surface area (Å²) < 4.78 is 5.49. The lowest BCUT2D eigenvalue weighted by Crippen LogP contribution is -2.42. The van der Waals surface area contributed by atoms with Crippen LogP contribution in [0.3, 0.4) is 0 Å². The Labute approximate surface area is 264 Å². The van der Waals surface area contributed by atoms with E-state index in [1.165, 1.54) is 5.56 Å². The second-order valence-electron chi connectivity index (χ2n) is 12.4. The van der Waals surface area contributed by atoms with Crippen molar-refractivity contribution in [1.82, 2.24) is 20.5 Å². The Morgan fingerprint density at radius 2 is 1.69 bits per heavy atom. The summed E-state index contributed by atoms with van der Waals surface area (Å²) in [6.07, 6.45) is 2.24. The van der Waals surface area contributed by atoms with Gasteiger partial charge in [-0.1, -0.05) is 24.3 Å². The summed E-state index contributed by atoms with van der Waals surface area (Å²) in [5, 5.41) is 14.8. The molecule has 0 bridgehead atoms. The van der Waals surface area contributed by atoms with Crippen LogP contribution < -0.4 is 21.1 Å². The molecule has 3 aromatic rings. The van der Waals surface area contributed by atoms with Gasteiger partial charge < -0.3 is 30.4 Å². The van der Waals surface area contributed by atoms with Gasteiger partial charge in [0.05, 0.1) is 13.2 Å². The van der Waals surface area contributed by atoms with E-state index in [2.05, 4.69) is 62.8 Å². The van der Waals surface area contributed by atoms with Gasteiger partial charge in [0.2, 0.25) is 0 Å². The van der Waals surface area contributed by atoms with Crippen LogP contribution in [0, 0.1) is 20.8 Å². The number of anilines is 1. The van der Waals surface area contributed by atoms with Crippen molar-refractivity contribution < 1.29 is 19.4 Å². The number of aryl methyl sites for hydroxylation is 2.